The van der Waals surface area contributed by atoms with E-state index in [0.29, 0.717) is 18.4 Å². The minimum atomic E-state index is -0.365. The second-order valence-corrected chi connectivity index (χ2v) is 5.93. The molecule has 0 aliphatic heterocycles. The van der Waals surface area contributed by atoms with Crippen LogP contribution in [0, 0.1) is 17.3 Å². The molecule has 18 heavy (non-hydrogen) atoms. The Morgan fingerprint density at radius 1 is 1.00 bits per heavy atom. The molecule has 0 N–H and O–H groups in total. The molecule has 2 aliphatic carbocycles. The fraction of sp³-hybridized carbons (Fsp3) is 0.933. The second kappa shape index (κ2) is 6.05. The number of ether oxygens (including phenoxy) is 2. The zero-order chi connectivity index (χ0) is 13.0. The first kappa shape index (κ1) is 13.9. The van der Waals surface area contributed by atoms with Crippen LogP contribution < -0.4 is 0 Å². The van der Waals surface area contributed by atoms with Crippen LogP contribution in [0.1, 0.15) is 51.4 Å². The zero-order valence-corrected chi connectivity index (χ0v) is 11.7. The molecule has 0 aromatic rings. The van der Waals surface area contributed by atoms with Crippen molar-refractivity contribution in [1.82, 2.24) is 0 Å². The van der Waals surface area contributed by atoms with Gasteiger partial charge in [-0.15, -0.1) is 0 Å². The molecule has 2 fully saturated rings. The van der Waals surface area contributed by atoms with Gasteiger partial charge in [-0.1, -0.05) is 25.7 Å². The Balaban J connectivity index is 2.29. The normalized spacial score (nSPS) is 22.6. The molecule has 0 amide bonds. The van der Waals surface area contributed by atoms with E-state index in [0.717, 1.165) is 25.7 Å². The van der Waals surface area contributed by atoms with Crippen LogP contribution in [0.25, 0.3) is 0 Å². The van der Waals surface area contributed by atoms with Gasteiger partial charge in [-0.25, -0.2) is 0 Å². The lowest BCUT2D eigenvalue weighted by molar-refractivity contribution is -0.167. The van der Waals surface area contributed by atoms with Crippen molar-refractivity contribution >= 4 is 5.97 Å². The van der Waals surface area contributed by atoms with E-state index in [1.165, 1.54) is 32.8 Å². The van der Waals surface area contributed by atoms with Gasteiger partial charge in [0.1, 0.15) is 0 Å². The lowest BCUT2D eigenvalue weighted by Crippen LogP contribution is -2.48. The van der Waals surface area contributed by atoms with Gasteiger partial charge in [-0.05, 0) is 37.5 Å². The van der Waals surface area contributed by atoms with Gasteiger partial charge in [-0.2, -0.15) is 0 Å². The predicted octanol–water partition coefficient (Wildman–Crippen LogP) is 3.17. The van der Waals surface area contributed by atoms with Gasteiger partial charge in [0.2, 0.25) is 0 Å². The van der Waals surface area contributed by atoms with E-state index in [2.05, 4.69) is 0 Å². The lowest BCUT2D eigenvalue weighted by atomic mass is 9.65. The molecule has 2 rings (SSSR count). The Kier molecular flexibility index (Phi) is 4.66. The summed E-state index contributed by atoms with van der Waals surface area (Å²) >= 11 is 0. The van der Waals surface area contributed by atoms with Crippen LogP contribution in [-0.4, -0.2) is 26.8 Å². The molecule has 2 aliphatic rings. The third-order valence-corrected chi connectivity index (χ3v) is 5.12. The number of carbonyl (C=O) groups excluding carboxylic acids is 1. The number of hydrogen-bond donors (Lipinski definition) is 0. The second-order valence-electron chi connectivity index (χ2n) is 5.93. The first-order valence-electron chi connectivity index (χ1n) is 7.33. The molecule has 0 bridgehead atoms. The van der Waals surface area contributed by atoms with Crippen LogP contribution in [-0.2, 0) is 14.3 Å². The Morgan fingerprint density at radius 2 is 1.44 bits per heavy atom. The molecule has 3 heteroatoms. The topological polar surface area (TPSA) is 35.5 Å². The van der Waals surface area contributed by atoms with Crippen LogP contribution >= 0.6 is 0 Å². The Morgan fingerprint density at radius 3 is 1.78 bits per heavy atom. The molecule has 0 heterocycles. The molecular formula is C15H26O3. The van der Waals surface area contributed by atoms with Gasteiger partial charge in [0.15, 0.2) is 0 Å². The zero-order valence-electron chi connectivity index (χ0n) is 11.7. The summed E-state index contributed by atoms with van der Waals surface area (Å²) in [6.07, 6.45) is 9.65. The van der Waals surface area contributed by atoms with E-state index in [1.54, 1.807) is 7.11 Å². The first-order chi connectivity index (χ1) is 8.75. The summed E-state index contributed by atoms with van der Waals surface area (Å²) in [5.41, 5.74) is -0.365. The molecule has 3 nitrogen and oxygen atoms in total. The molecular weight excluding hydrogens is 228 g/mol. The third-order valence-electron chi connectivity index (χ3n) is 5.12. The standard InChI is InChI=1S/C15H26O3/c1-17-11-15(14(16)18-2,12-7-3-4-8-12)13-9-5-6-10-13/h12-13H,3-11H2,1-2H3. The van der Waals surface area contributed by atoms with E-state index in [9.17, 15) is 4.79 Å². The molecule has 0 atom stereocenters. The summed E-state index contributed by atoms with van der Waals surface area (Å²) < 4.78 is 10.6. The van der Waals surface area contributed by atoms with Crippen LogP contribution in [0.5, 0.6) is 0 Å². The van der Waals surface area contributed by atoms with Gasteiger partial charge in [0.25, 0.3) is 0 Å². The van der Waals surface area contributed by atoms with Crippen molar-refractivity contribution in [3.05, 3.63) is 0 Å². The maximum absolute atomic E-state index is 12.5. The van der Waals surface area contributed by atoms with Crippen molar-refractivity contribution in [3.8, 4) is 0 Å². The average molecular weight is 254 g/mol. The summed E-state index contributed by atoms with van der Waals surface area (Å²) in [7, 11) is 3.23. The minimum absolute atomic E-state index is 0.0249. The summed E-state index contributed by atoms with van der Waals surface area (Å²) in [6.45, 7) is 0.537. The van der Waals surface area contributed by atoms with Gasteiger partial charge >= 0.3 is 5.97 Å². The number of rotatable bonds is 5. The van der Waals surface area contributed by atoms with Crippen LogP contribution in [0.3, 0.4) is 0 Å². The Labute approximate surface area is 110 Å². The largest absolute Gasteiger partial charge is 0.469 e. The van der Waals surface area contributed by atoms with Crippen molar-refractivity contribution in [2.75, 3.05) is 20.8 Å². The summed E-state index contributed by atoms with van der Waals surface area (Å²) in [5, 5.41) is 0. The number of esters is 1. The Bertz CT molecular complexity index is 259. The summed E-state index contributed by atoms with van der Waals surface area (Å²) in [4.78, 5) is 12.5. The predicted molar refractivity (Wildman–Crippen MR) is 70.2 cm³/mol. The number of carbonyl (C=O) groups is 1. The smallest absolute Gasteiger partial charge is 0.314 e. The van der Waals surface area contributed by atoms with Crippen molar-refractivity contribution in [2.45, 2.75) is 51.4 Å². The molecule has 0 spiro atoms. The minimum Gasteiger partial charge on any atom is -0.469 e. The van der Waals surface area contributed by atoms with E-state index in [4.69, 9.17) is 9.47 Å². The quantitative estimate of drug-likeness (QED) is 0.707. The number of methoxy groups -OCH3 is 2. The molecule has 0 aromatic carbocycles. The molecule has 0 aromatic heterocycles. The molecule has 2 saturated carbocycles. The highest BCUT2D eigenvalue weighted by atomic mass is 16.5. The molecule has 0 unspecified atom stereocenters. The lowest BCUT2D eigenvalue weighted by Gasteiger charge is -2.40. The highest BCUT2D eigenvalue weighted by molar-refractivity contribution is 5.78. The van der Waals surface area contributed by atoms with E-state index < -0.39 is 0 Å². The van der Waals surface area contributed by atoms with Crippen molar-refractivity contribution in [2.24, 2.45) is 17.3 Å². The van der Waals surface area contributed by atoms with Crippen LogP contribution in [0.4, 0.5) is 0 Å². The Hall–Kier alpha value is -0.570. The van der Waals surface area contributed by atoms with Crippen molar-refractivity contribution in [1.29, 1.82) is 0 Å². The van der Waals surface area contributed by atoms with E-state index in [1.807, 2.05) is 0 Å². The van der Waals surface area contributed by atoms with E-state index in [-0.39, 0.29) is 11.4 Å². The van der Waals surface area contributed by atoms with Crippen molar-refractivity contribution in [3.63, 3.8) is 0 Å². The van der Waals surface area contributed by atoms with E-state index >= 15 is 0 Å². The van der Waals surface area contributed by atoms with Crippen LogP contribution in [0.2, 0.25) is 0 Å². The SMILES string of the molecule is COCC(C(=O)OC)(C1CCCC1)C1CCCC1. The molecule has 0 saturated heterocycles. The fourth-order valence-corrected chi connectivity index (χ4v) is 4.27. The fourth-order valence-electron chi connectivity index (χ4n) is 4.27. The maximum atomic E-state index is 12.5. The monoisotopic (exact) mass is 254 g/mol. The summed E-state index contributed by atoms with van der Waals surface area (Å²) in [6, 6.07) is 0. The van der Waals surface area contributed by atoms with Gasteiger partial charge < -0.3 is 9.47 Å². The summed E-state index contributed by atoms with van der Waals surface area (Å²) in [5.74, 6) is 0.907. The van der Waals surface area contributed by atoms with Gasteiger partial charge in [0.05, 0.1) is 19.1 Å². The van der Waals surface area contributed by atoms with Crippen molar-refractivity contribution < 1.29 is 14.3 Å². The third kappa shape index (κ3) is 2.29. The highest BCUT2D eigenvalue weighted by Gasteiger charge is 2.53. The first-order valence-corrected chi connectivity index (χ1v) is 7.33. The maximum Gasteiger partial charge on any atom is 0.314 e. The highest BCUT2D eigenvalue weighted by Crippen LogP contribution is 2.51. The van der Waals surface area contributed by atoms with Gasteiger partial charge in [-0.3, -0.25) is 4.79 Å². The average Bonchev–Trinajstić information content (AvgIpc) is 3.07. The van der Waals surface area contributed by atoms with Gasteiger partial charge in [0, 0.05) is 7.11 Å². The number of hydrogen-bond acceptors (Lipinski definition) is 3. The van der Waals surface area contributed by atoms with Crippen LogP contribution in [0.15, 0.2) is 0 Å². The molecule has 104 valence electrons. The molecule has 0 radical (unpaired) electrons.